The van der Waals surface area contributed by atoms with Crippen LogP contribution in [0.25, 0.3) is 11.1 Å². The third-order valence-corrected chi connectivity index (χ3v) is 4.98. The van der Waals surface area contributed by atoms with Crippen molar-refractivity contribution in [2.24, 2.45) is 0 Å². The molecule has 132 valence electrons. The Morgan fingerprint density at radius 3 is 2.38 bits per heavy atom. The molecule has 1 aliphatic carbocycles. The van der Waals surface area contributed by atoms with Crippen LogP contribution in [0, 0.1) is 0 Å². The van der Waals surface area contributed by atoms with Crippen LogP contribution in [0.3, 0.4) is 0 Å². The zero-order valence-electron chi connectivity index (χ0n) is 14.8. The average Bonchev–Trinajstić information content (AvgIpc) is 2.68. The van der Waals surface area contributed by atoms with E-state index < -0.39 is 10.9 Å². The summed E-state index contributed by atoms with van der Waals surface area (Å²) in [5.41, 5.74) is 4.28. The van der Waals surface area contributed by atoms with Crippen molar-refractivity contribution in [1.82, 2.24) is 0 Å². The Morgan fingerprint density at radius 2 is 1.65 bits per heavy atom. The molecule has 26 heavy (non-hydrogen) atoms. The van der Waals surface area contributed by atoms with Crippen molar-refractivity contribution in [3.8, 4) is 16.9 Å². The highest BCUT2D eigenvalue weighted by Crippen LogP contribution is 2.31. The van der Waals surface area contributed by atoms with Gasteiger partial charge in [-0.2, -0.15) is 0 Å². The van der Waals surface area contributed by atoms with Crippen molar-refractivity contribution < 1.29 is 4.74 Å². The second-order valence-corrected chi connectivity index (χ2v) is 6.68. The Balaban J connectivity index is 1.64. The molecule has 0 spiro atoms. The Labute approximate surface area is 152 Å². The summed E-state index contributed by atoms with van der Waals surface area (Å²) in [4.78, 5) is 24.3. The molecular formula is C22H21NO3. The van der Waals surface area contributed by atoms with Gasteiger partial charge in [0.25, 0.3) is 5.43 Å². The van der Waals surface area contributed by atoms with Crippen LogP contribution in [0.15, 0.2) is 52.1 Å². The number of fused-ring (bicyclic) bond motifs is 1. The number of ether oxygens (including phenoxy) is 1. The van der Waals surface area contributed by atoms with E-state index in [0.29, 0.717) is 17.9 Å². The summed E-state index contributed by atoms with van der Waals surface area (Å²) in [7, 11) is 0. The van der Waals surface area contributed by atoms with Crippen molar-refractivity contribution >= 4 is 11.4 Å². The van der Waals surface area contributed by atoms with Crippen molar-refractivity contribution in [3.63, 3.8) is 0 Å². The predicted octanol–water partition coefficient (Wildman–Crippen LogP) is 3.97. The molecule has 0 unspecified atom stereocenters. The Kier molecular flexibility index (Phi) is 4.33. The monoisotopic (exact) mass is 347 g/mol. The summed E-state index contributed by atoms with van der Waals surface area (Å²) in [6.45, 7) is 2.54. The molecule has 0 aromatic heterocycles. The molecular weight excluding hydrogens is 326 g/mol. The number of nitrogens with one attached hydrogen (secondary N) is 1. The molecule has 0 radical (unpaired) electrons. The summed E-state index contributed by atoms with van der Waals surface area (Å²) >= 11 is 0. The minimum absolute atomic E-state index is 0.384. The summed E-state index contributed by atoms with van der Waals surface area (Å²) in [6.07, 6.45) is 4.54. The quantitative estimate of drug-likeness (QED) is 0.710. The lowest BCUT2D eigenvalue weighted by Crippen LogP contribution is -2.35. The maximum Gasteiger partial charge on any atom is 0.250 e. The van der Waals surface area contributed by atoms with E-state index in [0.717, 1.165) is 29.8 Å². The van der Waals surface area contributed by atoms with Gasteiger partial charge >= 0.3 is 0 Å². The van der Waals surface area contributed by atoms with Gasteiger partial charge in [-0.25, -0.2) is 0 Å². The van der Waals surface area contributed by atoms with Crippen LogP contribution in [0.5, 0.6) is 5.75 Å². The number of rotatable bonds is 5. The van der Waals surface area contributed by atoms with Gasteiger partial charge in [0.2, 0.25) is 5.43 Å². The first kappa shape index (κ1) is 16.6. The Morgan fingerprint density at radius 1 is 0.923 bits per heavy atom. The van der Waals surface area contributed by atoms with Gasteiger partial charge in [-0.3, -0.25) is 9.59 Å². The van der Waals surface area contributed by atoms with E-state index in [9.17, 15) is 9.59 Å². The van der Waals surface area contributed by atoms with Crippen LogP contribution in [0.4, 0.5) is 11.4 Å². The third-order valence-electron chi connectivity index (χ3n) is 4.98. The van der Waals surface area contributed by atoms with Gasteiger partial charge in [0.05, 0.1) is 12.2 Å². The number of anilines is 2. The average molecular weight is 347 g/mol. The van der Waals surface area contributed by atoms with E-state index >= 15 is 0 Å². The van der Waals surface area contributed by atoms with Gasteiger partial charge in [0.1, 0.15) is 11.4 Å². The minimum Gasteiger partial charge on any atom is -0.494 e. The molecule has 4 rings (SSSR count). The van der Waals surface area contributed by atoms with Crippen LogP contribution in [0.1, 0.15) is 30.9 Å². The fraction of sp³-hybridized carbons (Fsp3) is 0.273. The molecule has 0 fully saturated rings. The van der Waals surface area contributed by atoms with Gasteiger partial charge in [0, 0.05) is 5.69 Å². The predicted molar refractivity (Wildman–Crippen MR) is 104 cm³/mol. The van der Waals surface area contributed by atoms with Crippen molar-refractivity contribution in [3.05, 3.63) is 74.0 Å². The molecule has 1 N–H and O–H groups in total. The van der Waals surface area contributed by atoms with Crippen LogP contribution in [-0.2, 0) is 12.8 Å². The van der Waals surface area contributed by atoms with Gasteiger partial charge < -0.3 is 10.1 Å². The highest BCUT2D eigenvalue weighted by Gasteiger charge is 2.23. The highest BCUT2D eigenvalue weighted by molar-refractivity contribution is 5.85. The molecule has 0 heterocycles. The summed E-state index contributed by atoms with van der Waals surface area (Å²) in [5.74, 6) is 0.776. The maximum atomic E-state index is 12.2. The van der Waals surface area contributed by atoms with Gasteiger partial charge in [-0.05, 0) is 73.6 Å². The zero-order chi connectivity index (χ0) is 18.1. The van der Waals surface area contributed by atoms with Crippen molar-refractivity contribution in [2.45, 2.75) is 32.6 Å². The summed E-state index contributed by atoms with van der Waals surface area (Å²) < 4.78 is 5.43. The Bertz CT molecular complexity index is 1010. The van der Waals surface area contributed by atoms with E-state index in [-0.39, 0.29) is 0 Å². The van der Waals surface area contributed by atoms with Gasteiger partial charge in [-0.15, -0.1) is 0 Å². The van der Waals surface area contributed by atoms with Gasteiger partial charge in [-0.1, -0.05) is 18.2 Å². The lowest BCUT2D eigenvalue weighted by molar-refractivity contribution is 0.340. The molecule has 1 aliphatic rings. The molecule has 0 bridgehead atoms. The van der Waals surface area contributed by atoms with Crippen LogP contribution in [0.2, 0.25) is 0 Å². The SMILES string of the molecule is CCOc1ccc(Nc2c(-c3ccc4c(c3)CCCC4)c(=O)c2=O)cc1. The first-order chi connectivity index (χ1) is 12.7. The lowest BCUT2D eigenvalue weighted by Gasteiger charge is -2.18. The van der Waals surface area contributed by atoms with Crippen molar-refractivity contribution in [2.75, 3.05) is 11.9 Å². The number of aryl methyl sites for hydroxylation is 2. The maximum absolute atomic E-state index is 12.2. The fourth-order valence-electron chi connectivity index (χ4n) is 3.62. The number of hydrogen-bond donors (Lipinski definition) is 1. The van der Waals surface area contributed by atoms with E-state index in [4.69, 9.17) is 4.74 Å². The smallest absolute Gasteiger partial charge is 0.250 e. The largest absolute Gasteiger partial charge is 0.494 e. The molecule has 0 saturated carbocycles. The Hall–Kier alpha value is -2.88. The second kappa shape index (κ2) is 6.79. The molecule has 4 nitrogen and oxygen atoms in total. The molecule has 3 aromatic rings. The standard InChI is InChI=1S/C22H21NO3/c1-2-26-18-11-9-17(10-12-18)23-20-19(21(24)22(20)25)16-8-7-14-5-3-4-6-15(14)13-16/h7-13,23H,2-6H2,1H3. The van der Waals surface area contributed by atoms with Crippen LogP contribution in [-0.4, -0.2) is 6.61 Å². The van der Waals surface area contributed by atoms with E-state index in [1.165, 1.54) is 24.0 Å². The van der Waals surface area contributed by atoms with E-state index in [1.54, 1.807) is 0 Å². The zero-order valence-corrected chi connectivity index (χ0v) is 14.8. The molecule has 0 saturated heterocycles. The summed E-state index contributed by atoms with van der Waals surface area (Å²) in [6, 6.07) is 13.5. The molecule has 4 heteroatoms. The fourth-order valence-corrected chi connectivity index (χ4v) is 3.62. The first-order valence-corrected chi connectivity index (χ1v) is 9.12. The molecule has 3 aromatic carbocycles. The topological polar surface area (TPSA) is 55.4 Å². The number of benzene rings is 2. The molecule has 0 atom stereocenters. The molecule has 0 aliphatic heterocycles. The molecule has 0 amide bonds. The van der Waals surface area contributed by atoms with E-state index in [2.05, 4.69) is 17.4 Å². The third kappa shape index (κ3) is 2.92. The number of hydrogen-bond acceptors (Lipinski definition) is 4. The van der Waals surface area contributed by atoms with Crippen LogP contribution >= 0.6 is 0 Å². The summed E-state index contributed by atoms with van der Waals surface area (Å²) in [5, 5.41) is 3.11. The normalized spacial score (nSPS) is 13.4. The minimum atomic E-state index is -0.452. The van der Waals surface area contributed by atoms with E-state index in [1.807, 2.05) is 37.3 Å². The van der Waals surface area contributed by atoms with Crippen LogP contribution < -0.4 is 20.9 Å². The van der Waals surface area contributed by atoms with Gasteiger partial charge in [0.15, 0.2) is 0 Å². The lowest BCUT2D eigenvalue weighted by atomic mass is 9.88. The highest BCUT2D eigenvalue weighted by atomic mass is 16.5. The second-order valence-electron chi connectivity index (χ2n) is 6.68. The van der Waals surface area contributed by atoms with Crippen molar-refractivity contribution in [1.29, 1.82) is 0 Å². The first-order valence-electron chi connectivity index (χ1n) is 9.12.